The highest BCUT2D eigenvalue weighted by Crippen LogP contribution is 2.12. The summed E-state index contributed by atoms with van der Waals surface area (Å²) in [4.78, 5) is 36.7. The third-order valence-electron chi connectivity index (χ3n) is 1.50. The zero-order valence-electron chi connectivity index (χ0n) is 6.79. The topological polar surface area (TPSA) is 63.7 Å². The second-order valence-electron chi connectivity index (χ2n) is 2.48. The number of imide groups is 1. The van der Waals surface area contributed by atoms with Crippen molar-refractivity contribution in [3.05, 3.63) is 0 Å². The normalized spacial score (nSPS) is 16.5. The van der Waals surface area contributed by atoms with Crippen LogP contribution in [-0.2, 0) is 19.2 Å². The van der Waals surface area contributed by atoms with Gasteiger partial charge in [-0.05, 0) is 0 Å². The second-order valence-corrected chi connectivity index (χ2v) is 2.48. The Morgan fingerprint density at radius 3 is 2.38 bits per heavy atom. The van der Waals surface area contributed by atoms with Crippen LogP contribution in [0.15, 0.2) is 0 Å². The van der Waals surface area contributed by atoms with Gasteiger partial charge in [-0.15, -0.1) is 5.06 Å². The number of hydroxylamine groups is 2. The van der Waals surface area contributed by atoms with E-state index >= 15 is 0 Å². The molecule has 13 heavy (non-hydrogen) atoms. The number of nitrogens with zero attached hydrogens (tertiary/aromatic N) is 1. The fourth-order valence-electron chi connectivity index (χ4n) is 0.882. The third kappa shape index (κ3) is 2.24. The van der Waals surface area contributed by atoms with E-state index in [1.54, 1.807) is 0 Å². The van der Waals surface area contributed by atoms with Crippen molar-refractivity contribution < 1.29 is 23.6 Å². The highest BCUT2D eigenvalue weighted by molar-refractivity contribution is 6.01. The molecule has 0 aromatic rings. The molecule has 1 rings (SSSR count). The van der Waals surface area contributed by atoms with Gasteiger partial charge in [0.1, 0.15) is 0 Å². The lowest BCUT2D eigenvalue weighted by molar-refractivity contribution is -0.197. The average molecular weight is 189 g/mol. The first-order valence-corrected chi connectivity index (χ1v) is 3.77. The molecule has 1 saturated heterocycles. The standard InChI is InChI=1S/C7H8FNO4/c8-4-3-7(12)13-9-5(10)1-2-6(9)11/h1-4H2. The molecule has 0 saturated carbocycles. The summed E-state index contributed by atoms with van der Waals surface area (Å²) >= 11 is 0. The number of alkyl halides is 1. The van der Waals surface area contributed by atoms with E-state index < -0.39 is 30.9 Å². The van der Waals surface area contributed by atoms with Crippen molar-refractivity contribution in [2.45, 2.75) is 19.3 Å². The fourth-order valence-corrected chi connectivity index (χ4v) is 0.882. The number of rotatable bonds is 3. The first-order valence-electron chi connectivity index (χ1n) is 3.77. The number of amides is 2. The molecule has 5 nitrogen and oxygen atoms in total. The zero-order valence-corrected chi connectivity index (χ0v) is 6.79. The Bertz CT molecular complexity index is 237. The summed E-state index contributed by atoms with van der Waals surface area (Å²) in [5, 5.41) is 0.401. The zero-order chi connectivity index (χ0) is 9.84. The van der Waals surface area contributed by atoms with Crippen LogP contribution in [-0.4, -0.2) is 29.5 Å². The van der Waals surface area contributed by atoms with E-state index in [0.717, 1.165) is 0 Å². The van der Waals surface area contributed by atoms with Gasteiger partial charge >= 0.3 is 5.97 Å². The minimum absolute atomic E-state index is 0.0434. The van der Waals surface area contributed by atoms with Gasteiger partial charge in [0.05, 0.1) is 13.1 Å². The predicted octanol–water partition coefficient (Wildman–Crippen LogP) is -0.0468. The van der Waals surface area contributed by atoms with Crippen LogP contribution in [0.2, 0.25) is 0 Å². The van der Waals surface area contributed by atoms with E-state index in [0.29, 0.717) is 5.06 Å². The molecule has 2 amide bonds. The molecule has 0 aromatic carbocycles. The maximum absolute atomic E-state index is 11.6. The van der Waals surface area contributed by atoms with Crippen LogP contribution in [0.25, 0.3) is 0 Å². The van der Waals surface area contributed by atoms with Crippen LogP contribution >= 0.6 is 0 Å². The first-order chi connectivity index (χ1) is 6.15. The van der Waals surface area contributed by atoms with Crippen molar-refractivity contribution in [3.63, 3.8) is 0 Å². The summed E-state index contributed by atoms with van der Waals surface area (Å²) in [5.74, 6) is -2.03. The highest BCUT2D eigenvalue weighted by Gasteiger charge is 2.32. The Balaban J connectivity index is 2.48. The number of hydrogen-bond acceptors (Lipinski definition) is 4. The van der Waals surface area contributed by atoms with E-state index in [2.05, 4.69) is 4.84 Å². The Hall–Kier alpha value is -1.46. The fraction of sp³-hybridized carbons (Fsp3) is 0.571. The first kappa shape index (κ1) is 9.63. The smallest absolute Gasteiger partial charge is 0.330 e. The Kier molecular flexibility index (Phi) is 2.94. The lowest BCUT2D eigenvalue weighted by Gasteiger charge is -2.11. The second kappa shape index (κ2) is 3.97. The van der Waals surface area contributed by atoms with Crippen molar-refractivity contribution in [2.24, 2.45) is 0 Å². The monoisotopic (exact) mass is 189 g/mol. The quantitative estimate of drug-likeness (QED) is 0.584. The van der Waals surface area contributed by atoms with Gasteiger partial charge in [-0.2, -0.15) is 0 Å². The van der Waals surface area contributed by atoms with Crippen LogP contribution in [0.3, 0.4) is 0 Å². The molecule has 0 radical (unpaired) electrons. The summed E-state index contributed by atoms with van der Waals surface area (Å²) < 4.78 is 11.6. The minimum atomic E-state index is -0.911. The Labute approximate surface area is 73.4 Å². The molecule has 0 N–H and O–H groups in total. The summed E-state index contributed by atoms with van der Waals surface area (Å²) in [7, 11) is 0. The van der Waals surface area contributed by atoms with Gasteiger partial charge in [0.25, 0.3) is 11.8 Å². The van der Waals surface area contributed by atoms with E-state index in [9.17, 15) is 18.8 Å². The van der Waals surface area contributed by atoms with Gasteiger partial charge < -0.3 is 4.84 Å². The number of carbonyl (C=O) groups is 3. The molecule has 72 valence electrons. The lowest BCUT2D eigenvalue weighted by Crippen LogP contribution is -2.32. The molecule has 1 fully saturated rings. The van der Waals surface area contributed by atoms with E-state index in [1.165, 1.54) is 0 Å². The molecule has 0 unspecified atom stereocenters. The van der Waals surface area contributed by atoms with Crippen molar-refractivity contribution in [3.8, 4) is 0 Å². The van der Waals surface area contributed by atoms with Gasteiger partial charge in [0.15, 0.2) is 0 Å². The molecule has 1 aliphatic rings. The molecule has 0 spiro atoms. The third-order valence-corrected chi connectivity index (χ3v) is 1.50. The molecule has 0 bridgehead atoms. The van der Waals surface area contributed by atoms with E-state index in [1.807, 2.05) is 0 Å². The van der Waals surface area contributed by atoms with Gasteiger partial charge in [0.2, 0.25) is 0 Å². The number of hydrogen-bond donors (Lipinski definition) is 0. The summed E-state index contributed by atoms with van der Waals surface area (Å²) in [6.45, 7) is -0.866. The van der Waals surface area contributed by atoms with Gasteiger partial charge in [-0.1, -0.05) is 0 Å². The van der Waals surface area contributed by atoms with Crippen LogP contribution in [0.4, 0.5) is 4.39 Å². The van der Waals surface area contributed by atoms with Crippen molar-refractivity contribution in [1.29, 1.82) is 0 Å². The molecule has 1 heterocycles. The predicted molar refractivity (Wildman–Crippen MR) is 37.8 cm³/mol. The molecule has 0 aromatic heterocycles. The molecule has 0 aliphatic carbocycles. The van der Waals surface area contributed by atoms with Crippen LogP contribution < -0.4 is 0 Å². The Morgan fingerprint density at radius 2 is 1.92 bits per heavy atom. The Morgan fingerprint density at radius 1 is 1.38 bits per heavy atom. The van der Waals surface area contributed by atoms with Crippen molar-refractivity contribution in [2.75, 3.05) is 6.67 Å². The summed E-state index contributed by atoms with van der Waals surface area (Å²) in [6.07, 6.45) is -0.361. The van der Waals surface area contributed by atoms with Crippen LogP contribution in [0.5, 0.6) is 0 Å². The average Bonchev–Trinajstić information content (AvgIpc) is 2.36. The molecule has 6 heteroatoms. The van der Waals surface area contributed by atoms with E-state index in [4.69, 9.17) is 0 Å². The van der Waals surface area contributed by atoms with Gasteiger partial charge in [-0.3, -0.25) is 14.0 Å². The maximum Gasteiger partial charge on any atom is 0.335 e. The van der Waals surface area contributed by atoms with Crippen LogP contribution in [0, 0.1) is 0 Å². The molecular formula is C7H8FNO4. The number of carbonyl (C=O) groups excluding carboxylic acids is 3. The summed E-state index contributed by atoms with van der Waals surface area (Å²) in [6, 6.07) is 0. The van der Waals surface area contributed by atoms with Crippen molar-refractivity contribution >= 4 is 17.8 Å². The van der Waals surface area contributed by atoms with Gasteiger partial charge in [0, 0.05) is 12.8 Å². The minimum Gasteiger partial charge on any atom is -0.330 e. The summed E-state index contributed by atoms with van der Waals surface area (Å²) in [5.41, 5.74) is 0. The largest absolute Gasteiger partial charge is 0.335 e. The molecular weight excluding hydrogens is 181 g/mol. The van der Waals surface area contributed by atoms with Crippen molar-refractivity contribution in [1.82, 2.24) is 5.06 Å². The lowest BCUT2D eigenvalue weighted by atomic mass is 10.4. The number of halogens is 1. The maximum atomic E-state index is 11.6. The highest BCUT2D eigenvalue weighted by atomic mass is 19.1. The van der Waals surface area contributed by atoms with E-state index in [-0.39, 0.29) is 12.8 Å². The molecule has 1 aliphatic heterocycles. The van der Waals surface area contributed by atoms with Crippen LogP contribution in [0.1, 0.15) is 19.3 Å². The van der Waals surface area contributed by atoms with Gasteiger partial charge in [-0.25, -0.2) is 4.79 Å². The SMILES string of the molecule is O=C(CCF)ON1C(=O)CCC1=O. The molecule has 0 atom stereocenters.